The van der Waals surface area contributed by atoms with Crippen LogP contribution in [0.4, 0.5) is 5.95 Å². The Kier molecular flexibility index (Phi) is 4.15. The molecule has 2 fully saturated rings. The predicted octanol–water partition coefficient (Wildman–Crippen LogP) is 1.83. The molecular weight excluding hydrogens is 326 g/mol. The summed E-state index contributed by atoms with van der Waals surface area (Å²) in [5, 5.41) is 12.3. The largest absolute Gasteiger partial charge is 0.478 e. The van der Waals surface area contributed by atoms with Gasteiger partial charge in [-0.2, -0.15) is 0 Å². The minimum absolute atomic E-state index is 0.118. The van der Waals surface area contributed by atoms with Crippen LogP contribution in [0.3, 0.4) is 0 Å². The molecular formula is C16H19N5O2S. The van der Waals surface area contributed by atoms with Crippen molar-refractivity contribution in [2.45, 2.75) is 25.3 Å². The monoisotopic (exact) mass is 345 g/mol. The van der Waals surface area contributed by atoms with Crippen LogP contribution in [0.15, 0.2) is 17.8 Å². The molecule has 1 N–H and O–H groups in total. The van der Waals surface area contributed by atoms with Crippen molar-refractivity contribution in [3.8, 4) is 0 Å². The summed E-state index contributed by atoms with van der Waals surface area (Å²) in [6, 6.07) is 0. The van der Waals surface area contributed by atoms with Gasteiger partial charge in [0.2, 0.25) is 5.95 Å². The molecule has 0 radical (unpaired) electrons. The van der Waals surface area contributed by atoms with Crippen molar-refractivity contribution in [1.29, 1.82) is 0 Å². The van der Waals surface area contributed by atoms with Crippen LogP contribution in [0.1, 0.15) is 39.8 Å². The first-order valence-corrected chi connectivity index (χ1v) is 9.04. The maximum absolute atomic E-state index is 10.8. The number of thiazole rings is 1. The van der Waals surface area contributed by atoms with E-state index in [4.69, 9.17) is 10.1 Å². The first-order chi connectivity index (χ1) is 11.7. The number of carboxylic acid groups (broad SMARTS) is 1. The SMILES string of the molecule is O=C(O)c1cnc(N2CCN(Cc3nc(C4CC4)cs3)CC2)nc1. The number of rotatable bonds is 5. The van der Waals surface area contributed by atoms with Gasteiger partial charge in [-0.25, -0.2) is 19.7 Å². The van der Waals surface area contributed by atoms with Crippen LogP contribution in [0, 0.1) is 0 Å². The molecule has 0 amide bonds. The minimum atomic E-state index is -1.000. The van der Waals surface area contributed by atoms with Crippen LogP contribution in [0.5, 0.6) is 0 Å². The van der Waals surface area contributed by atoms with Gasteiger partial charge in [0.15, 0.2) is 0 Å². The molecule has 2 aliphatic rings. The van der Waals surface area contributed by atoms with Gasteiger partial charge in [-0.05, 0) is 12.8 Å². The number of nitrogens with zero attached hydrogens (tertiary/aromatic N) is 5. The van der Waals surface area contributed by atoms with Gasteiger partial charge < -0.3 is 10.0 Å². The number of carbonyl (C=O) groups is 1. The molecule has 1 aliphatic heterocycles. The standard InChI is InChI=1S/C16H19N5O2S/c22-15(23)12-7-17-16(18-8-12)21-5-3-20(4-6-21)9-14-19-13(10-24-14)11-1-2-11/h7-8,10-11H,1-6,9H2,(H,22,23). The molecule has 0 spiro atoms. The minimum Gasteiger partial charge on any atom is -0.478 e. The van der Waals surface area contributed by atoms with Crippen LogP contribution in [0.2, 0.25) is 0 Å². The van der Waals surface area contributed by atoms with Gasteiger partial charge in [-0.15, -0.1) is 11.3 Å². The molecule has 0 bridgehead atoms. The highest BCUT2D eigenvalue weighted by Crippen LogP contribution is 2.40. The van der Waals surface area contributed by atoms with E-state index < -0.39 is 5.97 Å². The summed E-state index contributed by atoms with van der Waals surface area (Å²) in [7, 11) is 0. The fourth-order valence-corrected chi connectivity index (χ4v) is 3.77. The summed E-state index contributed by atoms with van der Waals surface area (Å²) in [5.74, 6) is 0.322. The average molecular weight is 345 g/mol. The third kappa shape index (κ3) is 3.39. The van der Waals surface area contributed by atoms with E-state index in [2.05, 4.69) is 25.1 Å². The molecule has 1 aliphatic carbocycles. The van der Waals surface area contributed by atoms with Crippen LogP contribution in [-0.4, -0.2) is 57.1 Å². The van der Waals surface area contributed by atoms with Crippen LogP contribution in [0.25, 0.3) is 0 Å². The summed E-state index contributed by atoms with van der Waals surface area (Å²) in [4.78, 5) is 28.4. The van der Waals surface area contributed by atoms with E-state index in [1.165, 1.54) is 35.9 Å². The van der Waals surface area contributed by atoms with Crippen LogP contribution in [-0.2, 0) is 6.54 Å². The van der Waals surface area contributed by atoms with E-state index in [0.29, 0.717) is 5.95 Å². The Hall–Kier alpha value is -2.06. The van der Waals surface area contributed by atoms with Gasteiger partial charge in [0.25, 0.3) is 0 Å². The highest BCUT2D eigenvalue weighted by molar-refractivity contribution is 7.09. The van der Waals surface area contributed by atoms with Crippen molar-refractivity contribution in [3.05, 3.63) is 34.0 Å². The van der Waals surface area contributed by atoms with Crippen molar-refractivity contribution in [2.75, 3.05) is 31.1 Å². The van der Waals surface area contributed by atoms with Gasteiger partial charge in [0.05, 0.1) is 17.8 Å². The van der Waals surface area contributed by atoms with E-state index in [-0.39, 0.29) is 5.56 Å². The van der Waals surface area contributed by atoms with Crippen molar-refractivity contribution < 1.29 is 9.90 Å². The summed E-state index contributed by atoms with van der Waals surface area (Å²) in [5.41, 5.74) is 1.40. The van der Waals surface area contributed by atoms with E-state index in [1.54, 1.807) is 11.3 Å². The van der Waals surface area contributed by atoms with Gasteiger partial charge in [-0.3, -0.25) is 4.90 Å². The normalized spacial score (nSPS) is 18.8. The molecule has 1 saturated carbocycles. The molecule has 2 aromatic rings. The zero-order valence-electron chi connectivity index (χ0n) is 13.3. The second-order valence-corrected chi connectivity index (χ2v) is 7.22. The second kappa shape index (κ2) is 6.45. The average Bonchev–Trinajstić information content (AvgIpc) is 3.36. The number of aromatic nitrogens is 3. The van der Waals surface area contributed by atoms with Crippen LogP contribution >= 0.6 is 11.3 Å². The fourth-order valence-electron chi connectivity index (χ4n) is 2.86. The van der Waals surface area contributed by atoms with E-state index >= 15 is 0 Å². The van der Waals surface area contributed by atoms with E-state index in [0.717, 1.165) is 38.6 Å². The highest BCUT2D eigenvalue weighted by Gasteiger charge is 2.26. The predicted molar refractivity (Wildman–Crippen MR) is 90.6 cm³/mol. The quantitative estimate of drug-likeness (QED) is 0.885. The van der Waals surface area contributed by atoms with E-state index in [9.17, 15) is 4.79 Å². The summed E-state index contributed by atoms with van der Waals surface area (Å²) in [6.45, 7) is 4.45. The molecule has 2 aromatic heterocycles. The van der Waals surface area contributed by atoms with Crippen molar-refractivity contribution in [3.63, 3.8) is 0 Å². The molecule has 0 aromatic carbocycles. The number of piperazine rings is 1. The maximum Gasteiger partial charge on any atom is 0.338 e. The van der Waals surface area contributed by atoms with Crippen molar-refractivity contribution >= 4 is 23.3 Å². The van der Waals surface area contributed by atoms with Gasteiger partial charge in [-0.1, -0.05) is 0 Å². The Bertz CT molecular complexity index is 720. The molecule has 24 heavy (non-hydrogen) atoms. The number of carboxylic acids is 1. The maximum atomic E-state index is 10.8. The lowest BCUT2D eigenvalue weighted by Gasteiger charge is -2.34. The third-order valence-electron chi connectivity index (χ3n) is 4.46. The Balaban J connectivity index is 1.31. The topological polar surface area (TPSA) is 82.5 Å². The van der Waals surface area contributed by atoms with Crippen molar-refractivity contribution in [2.24, 2.45) is 0 Å². The molecule has 1 saturated heterocycles. The van der Waals surface area contributed by atoms with Gasteiger partial charge >= 0.3 is 5.97 Å². The molecule has 4 rings (SSSR count). The molecule has 8 heteroatoms. The Labute approximate surface area is 144 Å². The first-order valence-electron chi connectivity index (χ1n) is 8.16. The van der Waals surface area contributed by atoms with E-state index in [1.807, 2.05) is 0 Å². The molecule has 126 valence electrons. The second-order valence-electron chi connectivity index (χ2n) is 6.28. The highest BCUT2D eigenvalue weighted by atomic mass is 32.1. The molecule has 0 unspecified atom stereocenters. The number of hydrogen-bond acceptors (Lipinski definition) is 7. The lowest BCUT2D eigenvalue weighted by molar-refractivity contribution is 0.0696. The van der Waals surface area contributed by atoms with Crippen molar-refractivity contribution in [1.82, 2.24) is 19.9 Å². The van der Waals surface area contributed by atoms with Crippen LogP contribution < -0.4 is 4.90 Å². The Morgan fingerprint density at radius 2 is 1.92 bits per heavy atom. The first kappa shape index (κ1) is 15.5. The molecule has 7 nitrogen and oxygen atoms in total. The number of anilines is 1. The molecule has 0 atom stereocenters. The summed E-state index contributed by atoms with van der Waals surface area (Å²) < 4.78 is 0. The Morgan fingerprint density at radius 3 is 2.54 bits per heavy atom. The summed E-state index contributed by atoms with van der Waals surface area (Å²) in [6.07, 6.45) is 5.32. The van der Waals surface area contributed by atoms with Gasteiger partial charge in [0.1, 0.15) is 5.01 Å². The molecule has 3 heterocycles. The fraction of sp³-hybridized carbons (Fsp3) is 0.500. The summed E-state index contributed by atoms with van der Waals surface area (Å²) >= 11 is 1.77. The lowest BCUT2D eigenvalue weighted by atomic mass is 10.3. The van der Waals surface area contributed by atoms with Gasteiger partial charge in [0, 0.05) is 49.9 Å². The Morgan fingerprint density at radius 1 is 1.21 bits per heavy atom. The zero-order chi connectivity index (χ0) is 16.5. The number of hydrogen-bond donors (Lipinski definition) is 1. The number of aromatic carboxylic acids is 1. The smallest absolute Gasteiger partial charge is 0.338 e. The third-order valence-corrected chi connectivity index (χ3v) is 5.32. The zero-order valence-corrected chi connectivity index (χ0v) is 14.1. The lowest BCUT2D eigenvalue weighted by Crippen LogP contribution is -2.46.